The van der Waals surface area contributed by atoms with Crippen LogP contribution in [0.3, 0.4) is 0 Å². The Morgan fingerprint density at radius 1 is 0.967 bits per heavy atom. The molecule has 0 amide bonds. The van der Waals surface area contributed by atoms with Gasteiger partial charge in [0.05, 0.1) is 17.6 Å². The Morgan fingerprint density at radius 3 is 2.43 bits per heavy atom. The normalized spacial score (nSPS) is 15.3. The Morgan fingerprint density at radius 2 is 1.70 bits per heavy atom. The number of para-hydroxylation sites is 1. The van der Waals surface area contributed by atoms with Gasteiger partial charge in [-0.05, 0) is 37.1 Å². The number of rotatable bonds is 4. The van der Waals surface area contributed by atoms with E-state index in [9.17, 15) is 0 Å². The number of benzene rings is 2. The highest BCUT2D eigenvalue weighted by molar-refractivity contribution is 7.98. The number of imidazole rings is 1. The second-order valence-electron chi connectivity index (χ2n) is 7.85. The highest BCUT2D eigenvalue weighted by Gasteiger charge is 2.18. The van der Waals surface area contributed by atoms with Gasteiger partial charge in [-0.3, -0.25) is 0 Å². The minimum absolute atomic E-state index is 0.489. The lowest BCUT2D eigenvalue weighted by Crippen LogP contribution is -2.44. The molecular weight excluding hydrogens is 392 g/mol. The lowest BCUT2D eigenvalue weighted by Gasteiger charge is -2.34. The monoisotopic (exact) mass is 418 g/mol. The third-order valence-corrected chi connectivity index (χ3v) is 6.58. The van der Waals surface area contributed by atoms with Gasteiger partial charge in [0, 0.05) is 37.3 Å². The Labute approximate surface area is 180 Å². The molecule has 3 heterocycles. The molecular formula is C23H26N6S. The van der Waals surface area contributed by atoms with Crippen molar-refractivity contribution >= 4 is 45.2 Å². The summed E-state index contributed by atoms with van der Waals surface area (Å²) in [5.74, 6) is 0.489. The van der Waals surface area contributed by atoms with E-state index in [1.165, 1.54) is 11.3 Å². The van der Waals surface area contributed by atoms with Crippen LogP contribution in [0.1, 0.15) is 5.56 Å². The number of aromatic nitrogens is 3. The summed E-state index contributed by atoms with van der Waals surface area (Å²) >= 11 is 1.64. The van der Waals surface area contributed by atoms with Crippen LogP contribution in [-0.4, -0.2) is 58.9 Å². The molecule has 0 atom stereocenters. The van der Waals surface area contributed by atoms with E-state index in [0.717, 1.165) is 59.8 Å². The molecule has 1 aliphatic rings. The zero-order valence-corrected chi connectivity index (χ0v) is 18.2. The van der Waals surface area contributed by atoms with Crippen molar-refractivity contribution in [3.05, 3.63) is 54.1 Å². The number of fused-ring (bicyclic) bond motifs is 3. The highest BCUT2D eigenvalue weighted by atomic mass is 32.2. The fraction of sp³-hybridized carbons (Fsp3) is 0.304. The molecule has 1 aliphatic heterocycles. The number of nitrogens with zero attached hydrogens (tertiary/aromatic N) is 5. The van der Waals surface area contributed by atoms with Gasteiger partial charge in [-0.15, -0.1) is 0 Å². The first-order valence-corrected chi connectivity index (χ1v) is 11.5. The van der Waals surface area contributed by atoms with E-state index in [2.05, 4.69) is 63.0 Å². The zero-order valence-electron chi connectivity index (χ0n) is 17.4. The topological polar surface area (TPSA) is 63.2 Å². The maximum absolute atomic E-state index is 6.26. The van der Waals surface area contributed by atoms with Crippen molar-refractivity contribution in [2.45, 2.75) is 11.7 Å². The quantitative estimate of drug-likeness (QED) is 0.510. The molecule has 4 aromatic rings. The number of nitrogens with two attached hydrogens (primary N) is 1. The van der Waals surface area contributed by atoms with Gasteiger partial charge in [-0.2, -0.15) is 0 Å². The molecule has 2 N–H and O–H groups in total. The number of anilines is 2. The van der Waals surface area contributed by atoms with Crippen molar-refractivity contribution < 1.29 is 0 Å². The van der Waals surface area contributed by atoms with Gasteiger partial charge >= 0.3 is 0 Å². The second kappa shape index (κ2) is 7.81. The Hall–Kier alpha value is -2.77. The summed E-state index contributed by atoms with van der Waals surface area (Å²) in [7, 11) is 2.19. The molecule has 0 aliphatic carbocycles. The van der Waals surface area contributed by atoms with Crippen molar-refractivity contribution in [3.8, 4) is 0 Å². The van der Waals surface area contributed by atoms with Gasteiger partial charge in [0.2, 0.25) is 0 Å². The molecule has 2 aromatic heterocycles. The molecule has 6 nitrogen and oxygen atoms in total. The third-order valence-electron chi connectivity index (χ3n) is 5.90. The molecule has 0 bridgehead atoms. The van der Waals surface area contributed by atoms with Crippen LogP contribution in [0.5, 0.6) is 0 Å². The van der Waals surface area contributed by atoms with Crippen LogP contribution in [0.15, 0.2) is 53.7 Å². The number of hydrogen-bond donors (Lipinski definition) is 1. The lowest BCUT2D eigenvalue weighted by atomic mass is 10.1. The smallest absolute Gasteiger partial charge is 0.169 e. The summed E-state index contributed by atoms with van der Waals surface area (Å²) < 4.78 is 2.27. The number of thioether (sulfide) groups is 1. The molecule has 7 heteroatoms. The van der Waals surface area contributed by atoms with Crippen LogP contribution in [0, 0.1) is 0 Å². The molecule has 154 valence electrons. The molecule has 0 saturated carbocycles. The van der Waals surface area contributed by atoms with Crippen LogP contribution in [0.4, 0.5) is 11.5 Å². The SMILES string of the molecule is CSc1nc2c(N)nc3ccccc3c2n1Cc1ccc(N2CCN(C)CC2)cc1. The average Bonchev–Trinajstić information content (AvgIpc) is 3.14. The van der Waals surface area contributed by atoms with E-state index < -0.39 is 0 Å². The van der Waals surface area contributed by atoms with E-state index in [-0.39, 0.29) is 0 Å². The van der Waals surface area contributed by atoms with Crippen molar-refractivity contribution in [3.63, 3.8) is 0 Å². The fourth-order valence-corrected chi connectivity index (χ4v) is 4.76. The van der Waals surface area contributed by atoms with Crippen LogP contribution in [-0.2, 0) is 6.54 Å². The van der Waals surface area contributed by atoms with Crippen LogP contribution in [0.2, 0.25) is 0 Å². The maximum Gasteiger partial charge on any atom is 0.169 e. The first kappa shape index (κ1) is 19.2. The standard InChI is InChI=1S/C23H26N6S/c1-27-11-13-28(14-12-27)17-9-7-16(8-10-17)15-29-21-18-5-3-4-6-19(18)25-22(24)20(21)26-23(29)30-2/h3-10H,11-15H2,1-2H3,(H2,24,25). The van der Waals surface area contributed by atoms with Gasteiger partial charge in [0.1, 0.15) is 5.52 Å². The molecule has 0 spiro atoms. The molecule has 30 heavy (non-hydrogen) atoms. The number of piperazine rings is 1. The largest absolute Gasteiger partial charge is 0.382 e. The van der Waals surface area contributed by atoms with Gasteiger partial charge in [-0.25, -0.2) is 9.97 Å². The summed E-state index contributed by atoms with van der Waals surface area (Å²) in [4.78, 5) is 14.2. The maximum atomic E-state index is 6.26. The number of pyridine rings is 1. The van der Waals surface area contributed by atoms with Crippen molar-refractivity contribution in [1.82, 2.24) is 19.4 Å². The lowest BCUT2D eigenvalue weighted by molar-refractivity contribution is 0.313. The Bertz CT molecular complexity index is 1190. The Kier molecular flexibility index (Phi) is 5.00. The number of hydrogen-bond acceptors (Lipinski definition) is 6. The van der Waals surface area contributed by atoms with Gasteiger partial charge in [0.25, 0.3) is 0 Å². The predicted molar refractivity (Wildman–Crippen MR) is 126 cm³/mol. The molecule has 2 aromatic carbocycles. The summed E-state index contributed by atoms with van der Waals surface area (Å²) in [6.45, 7) is 5.14. The predicted octanol–water partition coefficient (Wildman–Crippen LogP) is 3.69. The van der Waals surface area contributed by atoms with E-state index in [4.69, 9.17) is 10.7 Å². The first-order chi connectivity index (χ1) is 14.6. The average molecular weight is 419 g/mol. The molecule has 1 fully saturated rings. The van der Waals surface area contributed by atoms with Gasteiger partial charge in [-0.1, -0.05) is 42.1 Å². The molecule has 1 saturated heterocycles. The van der Waals surface area contributed by atoms with Crippen LogP contribution < -0.4 is 10.6 Å². The van der Waals surface area contributed by atoms with E-state index >= 15 is 0 Å². The molecule has 0 radical (unpaired) electrons. The zero-order chi connectivity index (χ0) is 20.7. The number of nitrogen functional groups attached to an aromatic ring is 1. The van der Waals surface area contributed by atoms with Gasteiger partial charge < -0.3 is 20.1 Å². The van der Waals surface area contributed by atoms with Crippen molar-refractivity contribution in [2.75, 3.05) is 50.1 Å². The first-order valence-electron chi connectivity index (χ1n) is 10.2. The summed E-state index contributed by atoms with van der Waals surface area (Å²) in [6.07, 6.45) is 2.06. The fourth-order valence-electron chi connectivity index (χ4n) is 4.20. The van der Waals surface area contributed by atoms with Crippen molar-refractivity contribution in [2.24, 2.45) is 0 Å². The summed E-state index contributed by atoms with van der Waals surface area (Å²) in [5, 5.41) is 2.04. The van der Waals surface area contributed by atoms with E-state index in [1.54, 1.807) is 11.8 Å². The van der Waals surface area contributed by atoms with E-state index in [0.29, 0.717) is 5.82 Å². The highest BCUT2D eigenvalue weighted by Crippen LogP contribution is 2.32. The summed E-state index contributed by atoms with van der Waals surface area (Å²) in [6, 6.07) is 17.1. The van der Waals surface area contributed by atoms with E-state index in [1.807, 2.05) is 18.2 Å². The third kappa shape index (κ3) is 3.38. The summed E-state index contributed by atoms with van der Waals surface area (Å²) in [5.41, 5.74) is 11.6. The Balaban J connectivity index is 1.52. The molecule has 0 unspecified atom stereocenters. The second-order valence-corrected chi connectivity index (χ2v) is 8.63. The van der Waals surface area contributed by atoms with Crippen LogP contribution in [0.25, 0.3) is 21.9 Å². The minimum Gasteiger partial charge on any atom is -0.382 e. The van der Waals surface area contributed by atoms with Crippen molar-refractivity contribution in [1.29, 1.82) is 0 Å². The minimum atomic E-state index is 0.489. The van der Waals surface area contributed by atoms with Crippen LogP contribution >= 0.6 is 11.8 Å². The number of likely N-dealkylation sites (N-methyl/N-ethyl adjacent to an activating group) is 1. The van der Waals surface area contributed by atoms with Gasteiger partial charge in [0.15, 0.2) is 11.0 Å². The molecule has 5 rings (SSSR count).